The third-order valence-corrected chi connectivity index (χ3v) is 3.53. The van der Waals surface area contributed by atoms with Gasteiger partial charge in [-0.3, -0.25) is 0 Å². The van der Waals surface area contributed by atoms with Crippen molar-refractivity contribution in [3.8, 4) is 16.9 Å². The molecule has 2 nitrogen and oxygen atoms in total. The normalized spacial score (nSPS) is 10.5. The van der Waals surface area contributed by atoms with Crippen molar-refractivity contribution in [2.24, 2.45) is 0 Å². The Morgan fingerprint density at radius 1 is 0.857 bits per heavy atom. The molecule has 1 aromatic heterocycles. The van der Waals surface area contributed by atoms with E-state index in [-0.39, 0.29) is 0 Å². The van der Waals surface area contributed by atoms with Crippen molar-refractivity contribution in [2.45, 2.75) is 20.1 Å². The molecular formula is C19H19NO. The summed E-state index contributed by atoms with van der Waals surface area (Å²) >= 11 is 0. The Morgan fingerprint density at radius 3 is 2.19 bits per heavy atom. The minimum Gasteiger partial charge on any atom is -0.487 e. The summed E-state index contributed by atoms with van der Waals surface area (Å²) in [6, 6.07) is 20.6. The van der Waals surface area contributed by atoms with E-state index in [4.69, 9.17) is 4.74 Å². The summed E-state index contributed by atoms with van der Waals surface area (Å²) in [5, 5.41) is 0. The maximum atomic E-state index is 6.04. The second-order valence-corrected chi connectivity index (χ2v) is 5.01. The van der Waals surface area contributed by atoms with Crippen molar-refractivity contribution in [2.75, 3.05) is 0 Å². The van der Waals surface area contributed by atoms with Crippen LogP contribution in [0.1, 0.15) is 12.5 Å². The van der Waals surface area contributed by atoms with Crippen LogP contribution in [0.4, 0.5) is 0 Å². The Morgan fingerprint density at radius 2 is 1.52 bits per heavy atom. The molecule has 0 saturated carbocycles. The molecule has 2 aromatic carbocycles. The molecule has 0 aliphatic heterocycles. The Bertz CT molecular complexity index is 686. The highest BCUT2D eigenvalue weighted by Crippen LogP contribution is 2.31. The maximum Gasteiger partial charge on any atom is 0.145 e. The van der Waals surface area contributed by atoms with Gasteiger partial charge in [0, 0.05) is 24.5 Å². The summed E-state index contributed by atoms with van der Waals surface area (Å²) in [7, 11) is 0. The lowest BCUT2D eigenvalue weighted by Gasteiger charge is -2.07. The number of ether oxygens (including phenoxy) is 1. The van der Waals surface area contributed by atoms with Crippen LogP contribution in [-0.2, 0) is 13.2 Å². The smallest absolute Gasteiger partial charge is 0.145 e. The topological polar surface area (TPSA) is 14.2 Å². The quantitative estimate of drug-likeness (QED) is 0.656. The monoisotopic (exact) mass is 277 g/mol. The fourth-order valence-corrected chi connectivity index (χ4v) is 2.35. The predicted octanol–water partition coefficient (Wildman–Crippen LogP) is 4.75. The summed E-state index contributed by atoms with van der Waals surface area (Å²) in [5.41, 5.74) is 3.52. The van der Waals surface area contributed by atoms with Gasteiger partial charge in [0.2, 0.25) is 0 Å². The lowest BCUT2D eigenvalue weighted by molar-refractivity contribution is 0.307. The second kappa shape index (κ2) is 6.31. The molecule has 0 saturated heterocycles. The van der Waals surface area contributed by atoms with Crippen LogP contribution in [0, 0.1) is 0 Å². The van der Waals surface area contributed by atoms with E-state index in [0.29, 0.717) is 6.61 Å². The molecule has 0 N–H and O–H groups in total. The Balaban J connectivity index is 1.86. The van der Waals surface area contributed by atoms with Gasteiger partial charge in [0.1, 0.15) is 12.4 Å². The zero-order chi connectivity index (χ0) is 14.5. The number of rotatable bonds is 5. The number of hydrogen-bond donors (Lipinski definition) is 0. The van der Waals surface area contributed by atoms with Gasteiger partial charge in [-0.2, -0.15) is 0 Å². The Hall–Kier alpha value is -2.48. The van der Waals surface area contributed by atoms with Gasteiger partial charge in [0.05, 0.1) is 0 Å². The molecule has 0 radical (unpaired) electrons. The standard InChI is InChI=1S/C19H19NO/c1-2-20-13-18(17-11-7-4-8-12-17)19(14-20)21-15-16-9-5-3-6-10-16/h3-14H,2,15H2,1H3. The van der Waals surface area contributed by atoms with Gasteiger partial charge >= 0.3 is 0 Å². The van der Waals surface area contributed by atoms with E-state index in [1.165, 1.54) is 11.1 Å². The lowest BCUT2D eigenvalue weighted by Crippen LogP contribution is -1.95. The molecule has 0 unspecified atom stereocenters. The van der Waals surface area contributed by atoms with Gasteiger partial charge in [-0.05, 0) is 18.1 Å². The van der Waals surface area contributed by atoms with Crippen LogP contribution >= 0.6 is 0 Å². The maximum absolute atomic E-state index is 6.04. The zero-order valence-corrected chi connectivity index (χ0v) is 12.2. The molecule has 0 aliphatic carbocycles. The van der Waals surface area contributed by atoms with Crippen molar-refractivity contribution >= 4 is 0 Å². The van der Waals surface area contributed by atoms with Gasteiger partial charge in [-0.25, -0.2) is 0 Å². The van der Waals surface area contributed by atoms with Crippen molar-refractivity contribution in [3.63, 3.8) is 0 Å². The number of nitrogens with zero attached hydrogens (tertiary/aromatic N) is 1. The van der Waals surface area contributed by atoms with E-state index in [2.05, 4.69) is 60.3 Å². The fraction of sp³-hybridized carbons (Fsp3) is 0.158. The number of aromatic nitrogens is 1. The van der Waals surface area contributed by atoms with E-state index < -0.39 is 0 Å². The largest absolute Gasteiger partial charge is 0.487 e. The van der Waals surface area contributed by atoms with Gasteiger partial charge in [0.25, 0.3) is 0 Å². The van der Waals surface area contributed by atoms with E-state index in [1.807, 2.05) is 24.3 Å². The van der Waals surface area contributed by atoms with E-state index in [9.17, 15) is 0 Å². The highest BCUT2D eigenvalue weighted by Gasteiger charge is 2.10. The van der Waals surface area contributed by atoms with Crippen molar-refractivity contribution < 1.29 is 4.74 Å². The fourth-order valence-electron chi connectivity index (χ4n) is 2.35. The summed E-state index contributed by atoms with van der Waals surface area (Å²) in [4.78, 5) is 0. The van der Waals surface area contributed by atoms with Crippen molar-refractivity contribution in [1.82, 2.24) is 4.57 Å². The third kappa shape index (κ3) is 3.16. The third-order valence-electron chi connectivity index (χ3n) is 3.53. The van der Waals surface area contributed by atoms with E-state index in [0.717, 1.165) is 17.9 Å². The molecule has 0 spiro atoms. The minimum absolute atomic E-state index is 0.592. The molecule has 0 aliphatic rings. The summed E-state index contributed by atoms with van der Waals surface area (Å²) in [5.74, 6) is 0.937. The molecule has 106 valence electrons. The molecular weight excluding hydrogens is 258 g/mol. The van der Waals surface area contributed by atoms with Gasteiger partial charge < -0.3 is 9.30 Å². The average molecular weight is 277 g/mol. The Labute approximate surface area is 125 Å². The highest BCUT2D eigenvalue weighted by molar-refractivity contribution is 5.69. The van der Waals surface area contributed by atoms with Crippen molar-refractivity contribution in [1.29, 1.82) is 0 Å². The second-order valence-electron chi connectivity index (χ2n) is 5.01. The highest BCUT2D eigenvalue weighted by atomic mass is 16.5. The first-order valence-corrected chi connectivity index (χ1v) is 7.28. The molecule has 1 heterocycles. The first-order chi connectivity index (χ1) is 10.4. The number of hydrogen-bond acceptors (Lipinski definition) is 1. The Kier molecular flexibility index (Phi) is 4.06. The van der Waals surface area contributed by atoms with E-state index >= 15 is 0 Å². The molecule has 0 bridgehead atoms. The van der Waals surface area contributed by atoms with Crippen molar-refractivity contribution in [3.05, 3.63) is 78.6 Å². The number of benzene rings is 2. The van der Waals surface area contributed by atoms with Crippen LogP contribution in [0.15, 0.2) is 73.1 Å². The van der Waals surface area contributed by atoms with Crippen LogP contribution in [0.5, 0.6) is 5.75 Å². The lowest BCUT2D eigenvalue weighted by atomic mass is 10.1. The van der Waals surface area contributed by atoms with Crippen LogP contribution in [0.2, 0.25) is 0 Å². The molecule has 2 heteroatoms. The summed E-state index contributed by atoms with van der Waals surface area (Å²) < 4.78 is 8.19. The molecule has 0 amide bonds. The molecule has 0 fully saturated rings. The SMILES string of the molecule is CCn1cc(OCc2ccccc2)c(-c2ccccc2)c1. The number of aryl methyl sites for hydroxylation is 1. The first-order valence-electron chi connectivity index (χ1n) is 7.28. The molecule has 21 heavy (non-hydrogen) atoms. The first kappa shape index (κ1) is 13.5. The van der Waals surface area contributed by atoms with Gasteiger partial charge in [-0.15, -0.1) is 0 Å². The molecule has 3 rings (SSSR count). The summed E-state index contributed by atoms with van der Waals surface area (Å²) in [6.45, 7) is 3.67. The summed E-state index contributed by atoms with van der Waals surface area (Å²) in [6.07, 6.45) is 4.22. The van der Waals surface area contributed by atoms with Gasteiger partial charge in [-0.1, -0.05) is 60.7 Å². The predicted molar refractivity (Wildman–Crippen MR) is 86.3 cm³/mol. The average Bonchev–Trinajstić information content (AvgIpc) is 2.98. The van der Waals surface area contributed by atoms with Crippen LogP contribution in [-0.4, -0.2) is 4.57 Å². The minimum atomic E-state index is 0.592. The van der Waals surface area contributed by atoms with Crippen LogP contribution in [0.25, 0.3) is 11.1 Å². The zero-order valence-electron chi connectivity index (χ0n) is 12.2. The van der Waals surface area contributed by atoms with Crippen LogP contribution < -0.4 is 4.74 Å². The van der Waals surface area contributed by atoms with E-state index in [1.54, 1.807) is 0 Å². The van der Waals surface area contributed by atoms with Gasteiger partial charge in [0.15, 0.2) is 0 Å². The molecule has 0 atom stereocenters. The molecule has 3 aromatic rings. The van der Waals surface area contributed by atoms with Crippen LogP contribution in [0.3, 0.4) is 0 Å².